The highest BCUT2D eigenvalue weighted by Crippen LogP contribution is 2.23. The molecular formula is C13H11BrClN3O3. The molecule has 2 aromatic rings. The summed E-state index contributed by atoms with van der Waals surface area (Å²) in [4.78, 5) is 23.2. The van der Waals surface area contributed by atoms with E-state index >= 15 is 0 Å². The van der Waals surface area contributed by atoms with Crippen LogP contribution >= 0.6 is 27.5 Å². The summed E-state index contributed by atoms with van der Waals surface area (Å²) in [7, 11) is 1.30. The molecule has 0 spiro atoms. The molecule has 0 radical (unpaired) electrons. The van der Waals surface area contributed by atoms with Crippen LogP contribution in [-0.2, 0) is 16.1 Å². The molecule has 1 aromatic carbocycles. The molecule has 0 aliphatic carbocycles. The van der Waals surface area contributed by atoms with Crippen molar-refractivity contribution in [3.8, 4) is 0 Å². The zero-order valence-corrected chi connectivity index (χ0v) is 13.3. The van der Waals surface area contributed by atoms with Gasteiger partial charge in [0.2, 0.25) is 0 Å². The van der Waals surface area contributed by atoms with E-state index in [0.717, 1.165) is 0 Å². The van der Waals surface area contributed by atoms with Gasteiger partial charge in [0.1, 0.15) is 6.54 Å². The highest BCUT2D eigenvalue weighted by Gasteiger charge is 2.10. The third-order valence-corrected chi connectivity index (χ3v) is 3.82. The second-order valence-electron chi connectivity index (χ2n) is 4.09. The normalized spacial score (nSPS) is 10.2. The second kappa shape index (κ2) is 6.73. The van der Waals surface area contributed by atoms with Gasteiger partial charge in [-0.15, -0.1) is 0 Å². The summed E-state index contributed by atoms with van der Waals surface area (Å²) in [5.41, 5.74) is 0.895. The topological polar surface area (TPSA) is 73.2 Å². The van der Waals surface area contributed by atoms with Crippen LogP contribution in [0.5, 0.6) is 0 Å². The fraction of sp³-hybridized carbons (Fsp3) is 0.154. The number of hydrogen-bond donors (Lipinski definition) is 1. The minimum atomic E-state index is -0.421. The Bertz CT molecular complexity index is 687. The molecule has 6 nitrogen and oxygen atoms in total. The van der Waals surface area contributed by atoms with Gasteiger partial charge in [0.25, 0.3) is 5.91 Å². The molecule has 0 bridgehead atoms. The number of ether oxygens (including phenoxy) is 1. The summed E-state index contributed by atoms with van der Waals surface area (Å²) in [5.74, 6) is -0.738. The molecule has 1 aromatic heterocycles. The van der Waals surface area contributed by atoms with Gasteiger partial charge in [0.05, 0.1) is 24.0 Å². The second-order valence-corrected chi connectivity index (χ2v) is 5.35. The number of rotatable bonds is 4. The zero-order valence-electron chi connectivity index (χ0n) is 11.0. The van der Waals surface area contributed by atoms with Gasteiger partial charge in [-0.1, -0.05) is 11.6 Å². The number of carbonyl (C=O) groups is 2. The number of benzene rings is 1. The zero-order chi connectivity index (χ0) is 15.4. The molecule has 0 saturated carbocycles. The van der Waals surface area contributed by atoms with Gasteiger partial charge in [-0.2, -0.15) is 5.10 Å². The Morgan fingerprint density at radius 2 is 2.24 bits per heavy atom. The lowest BCUT2D eigenvalue weighted by molar-refractivity contribution is -0.141. The average Bonchev–Trinajstić information content (AvgIpc) is 2.88. The van der Waals surface area contributed by atoms with Crippen LogP contribution in [0.2, 0.25) is 5.02 Å². The summed E-state index contributed by atoms with van der Waals surface area (Å²) in [5, 5.41) is 7.07. The van der Waals surface area contributed by atoms with Gasteiger partial charge in [-0.3, -0.25) is 14.3 Å². The lowest BCUT2D eigenvalue weighted by Crippen LogP contribution is -2.12. The molecule has 1 heterocycles. The fourth-order valence-electron chi connectivity index (χ4n) is 1.55. The first-order chi connectivity index (χ1) is 9.99. The van der Waals surface area contributed by atoms with E-state index in [1.54, 1.807) is 18.2 Å². The quantitative estimate of drug-likeness (QED) is 0.838. The maximum atomic E-state index is 12.1. The number of nitrogens with zero attached hydrogens (tertiary/aromatic N) is 2. The van der Waals surface area contributed by atoms with Crippen LogP contribution in [0.4, 0.5) is 5.69 Å². The number of halogens is 2. The molecule has 1 amide bonds. The van der Waals surface area contributed by atoms with Crippen LogP contribution in [-0.4, -0.2) is 28.8 Å². The van der Waals surface area contributed by atoms with Crippen LogP contribution < -0.4 is 5.32 Å². The molecule has 0 saturated heterocycles. The minimum Gasteiger partial charge on any atom is -0.468 e. The van der Waals surface area contributed by atoms with Crippen molar-refractivity contribution < 1.29 is 14.3 Å². The highest BCUT2D eigenvalue weighted by molar-refractivity contribution is 9.10. The van der Waals surface area contributed by atoms with Gasteiger partial charge >= 0.3 is 5.97 Å². The Labute approximate surface area is 134 Å². The number of carbonyl (C=O) groups excluding carboxylic acids is 2. The van der Waals surface area contributed by atoms with Gasteiger partial charge < -0.3 is 10.1 Å². The first-order valence-corrected chi connectivity index (χ1v) is 7.02. The monoisotopic (exact) mass is 371 g/mol. The van der Waals surface area contributed by atoms with Crippen LogP contribution in [0.1, 0.15) is 10.4 Å². The maximum absolute atomic E-state index is 12.1. The lowest BCUT2D eigenvalue weighted by atomic mass is 10.2. The smallest absolute Gasteiger partial charge is 0.327 e. The van der Waals surface area contributed by atoms with Crippen molar-refractivity contribution in [3.05, 3.63) is 45.7 Å². The molecular weight excluding hydrogens is 362 g/mol. The first kappa shape index (κ1) is 15.5. The number of esters is 1. The average molecular weight is 373 g/mol. The Kier molecular flexibility index (Phi) is 4.98. The molecule has 21 heavy (non-hydrogen) atoms. The third kappa shape index (κ3) is 4.05. The highest BCUT2D eigenvalue weighted by atomic mass is 79.9. The SMILES string of the molecule is COC(=O)Cn1cc(NC(=O)c2ccc(Br)c(Cl)c2)cn1. The van der Waals surface area contributed by atoms with Crippen molar-refractivity contribution in [2.75, 3.05) is 12.4 Å². The summed E-state index contributed by atoms with van der Waals surface area (Å²) < 4.78 is 6.62. The number of anilines is 1. The lowest BCUT2D eigenvalue weighted by Gasteiger charge is -2.04. The molecule has 0 atom stereocenters. The van der Waals surface area contributed by atoms with E-state index in [0.29, 0.717) is 20.7 Å². The molecule has 0 aliphatic rings. The van der Waals surface area contributed by atoms with Crippen LogP contribution in [0.25, 0.3) is 0 Å². The van der Waals surface area contributed by atoms with E-state index in [2.05, 4.69) is 31.1 Å². The fourth-order valence-corrected chi connectivity index (χ4v) is 1.98. The number of aromatic nitrogens is 2. The largest absolute Gasteiger partial charge is 0.468 e. The summed E-state index contributed by atoms with van der Waals surface area (Å²) in [6.45, 7) is -0.0174. The van der Waals surface area contributed by atoms with Crippen molar-refractivity contribution in [1.29, 1.82) is 0 Å². The van der Waals surface area contributed by atoms with E-state index in [1.165, 1.54) is 24.2 Å². The van der Waals surface area contributed by atoms with E-state index in [4.69, 9.17) is 11.6 Å². The Morgan fingerprint density at radius 1 is 1.48 bits per heavy atom. The van der Waals surface area contributed by atoms with Crippen molar-refractivity contribution >= 4 is 45.1 Å². The number of hydrogen-bond acceptors (Lipinski definition) is 4. The van der Waals surface area contributed by atoms with Crippen molar-refractivity contribution in [1.82, 2.24) is 9.78 Å². The molecule has 110 valence electrons. The predicted octanol–water partition coefficient (Wildman–Crippen LogP) is 2.72. The van der Waals surface area contributed by atoms with Crippen molar-refractivity contribution in [2.24, 2.45) is 0 Å². The number of methoxy groups -OCH3 is 1. The summed E-state index contributed by atoms with van der Waals surface area (Å²) in [6, 6.07) is 4.89. The van der Waals surface area contributed by atoms with Crippen molar-refractivity contribution in [3.63, 3.8) is 0 Å². The Hall–Kier alpha value is -1.86. The summed E-state index contributed by atoms with van der Waals surface area (Å²) >= 11 is 9.20. The van der Waals surface area contributed by atoms with E-state index < -0.39 is 5.97 Å². The molecule has 8 heteroatoms. The molecule has 0 fully saturated rings. The molecule has 2 rings (SSSR count). The van der Waals surface area contributed by atoms with E-state index in [9.17, 15) is 9.59 Å². The first-order valence-electron chi connectivity index (χ1n) is 5.85. The van der Waals surface area contributed by atoms with Gasteiger partial charge in [-0.05, 0) is 34.1 Å². The Balaban J connectivity index is 2.05. The molecule has 0 aliphatic heterocycles. The minimum absolute atomic E-state index is 0.0174. The number of amides is 1. The predicted molar refractivity (Wildman–Crippen MR) is 81.3 cm³/mol. The summed E-state index contributed by atoms with van der Waals surface area (Å²) in [6.07, 6.45) is 2.98. The van der Waals surface area contributed by atoms with E-state index in [1.807, 2.05) is 0 Å². The van der Waals surface area contributed by atoms with Crippen LogP contribution in [0.3, 0.4) is 0 Å². The maximum Gasteiger partial charge on any atom is 0.327 e. The molecule has 0 unspecified atom stereocenters. The third-order valence-electron chi connectivity index (χ3n) is 2.59. The van der Waals surface area contributed by atoms with Crippen LogP contribution in [0, 0.1) is 0 Å². The van der Waals surface area contributed by atoms with Gasteiger partial charge in [0, 0.05) is 16.2 Å². The van der Waals surface area contributed by atoms with Crippen LogP contribution in [0.15, 0.2) is 35.1 Å². The van der Waals surface area contributed by atoms with Gasteiger partial charge in [-0.25, -0.2) is 0 Å². The van der Waals surface area contributed by atoms with E-state index in [-0.39, 0.29) is 12.5 Å². The van der Waals surface area contributed by atoms with Crippen molar-refractivity contribution in [2.45, 2.75) is 6.54 Å². The Morgan fingerprint density at radius 3 is 2.90 bits per heavy atom. The van der Waals surface area contributed by atoms with Gasteiger partial charge in [0.15, 0.2) is 0 Å². The standard InChI is InChI=1S/C13H11BrClN3O3/c1-21-12(19)7-18-6-9(5-16-18)17-13(20)8-2-3-10(14)11(15)4-8/h2-6H,7H2,1H3,(H,17,20). The molecule has 1 N–H and O–H groups in total. The number of nitrogens with one attached hydrogen (secondary N) is 1.